The van der Waals surface area contributed by atoms with Crippen molar-refractivity contribution in [1.29, 1.82) is 0 Å². The molecule has 1 aliphatic heterocycles. The third-order valence-corrected chi connectivity index (χ3v) is 2.98. The van der Waals surface area contributed by atoms with Gasteiger partial charge in [-0.3, -0.25) is 9.88 Å². The van der Waals surface area contributed by atoms with E-state index in [0.717, 1.165) is 13.2 Å². The van der Waals surface area contributed by atoms with Crippen LogP contribution in [0.25, 0.3) is 0 Å². The van der Waals surface area contributed by atoms with Crippen LogP contribution in [0.2, 0.25) is 0 Å². The number of hydrogen-bond acceptors (Lipinski definition) is 3. The van der Waals surface area contributed by atoms with Crippen LogP contribution < -0.4 is 0 Å². The average molecular weight is 206 g/mol. The van der Waals surface area contributed by atoms with Gasteiger partial charge in [0.15, 0.2) is 0 Å². The van der Waals surface area contributed by atoms with E-state index >= 15 is 0 Å². The molecule has 3 nitrogen and oxygen atoms in total. The van der Waals surface area contributed by atoms with Gasteiger partial charge in [0.25, 0.3) is 0 Å². The summed E-state index contributed by atoms with van der Waals surface area (Å²) in [6, 6.07) is 6.66. The van der Waals surface area contributed by atoms with Gasteiger partial charge in [0.2, 0.25) is 0 Å². The van der Waals surface area contributed by atoms with Gasteiger partial charge in [-0.25, -0.2) is 0 Å². The van der Waals surface area contributed by atoms with Crippen LogP contribution in [0, 0.1) is 0 Å². The first-order chi connectivity index (χ1) is 7.42. The maximum absolute atomic E-state index is 5.13. The molecule has 1 saturated heterocycles. The molecule has 0 N–H and O–H groups in total. The summed E-state index contributed by atoms with van der Waals surface area (Å²) in [5.74, 6) is 0. The van der Waals surface area contributed by atoms with Gasteiger partial charge in [0.1, 0.15) is 0 Å². The number of hydrogen-bond donors (Lipinski definition) is 0. The zero-order valence-electron chi connectivity index (χ0n) is 9.22. The zero-order chi connectivity index (χ0) is 10.5. The smallest absolute Gasteiger partial charge is 0.0589 e. The Bertz CT molecular complexity index is 289. The summed E-state index contributed by atoms with van der Waals surface area (Å²) in [4.78, 5) is 6.90. The lowest BCUT2D eigenvalue weighted by Crippen LogP contribution is -2.27. The highest BCUT2D eigenvalue weighted by molar-refractivity contribution is 5.10. The number of ether oxygens (including phenoxy) is 1. The van der Waals surface area contributed by atoms with Crippen molar-refractivity contribution < 1.29 is 4.74 Å². The molecule has 1 aliphatic rings. The van der Waals surface area contributed by atoms with Gasteiger partial charge >= 0.3 is 0 Å². The van der Waals surface area contributed by atoms with Gasteiger partial charge in [-0.05, 0) is 31.5 Å². The van der Waals surface area contributed by atoms with E-state index < -0.39 is 0 Å². The van der Waals surface area contributed by atoms with E-state index in [9.17, 15) is 0 Å². The molecule has 1 fully saturated rings. The molecule has 3 heteroatoms. The van der Waals surface area contributed by atoms with Gasteiger partial charge in [0.05, 0.1) is 18.3 Å². The Hall–Kier alpha value is -0.930. The Labute approximate surface area is 91.1 Å². The van der Waals surface area contributed by atoms with E-state index in [4.69, 9.17) is 4.74 Å². The van der Waals surface area contributed by atoms with Crippen LogP contribution in [0.5, 0.6) is 0 Å². The standard InChI is InChI=1S/C12H18N2O/c1-15-10-9-14-8-4-6-12(14)11-5-2-3-7-13-11/h2-3,5,7,12H,4,6,8-10H2,1H3. The number of nitrogens with zero attached hydrogens (tertiary/aromatic N) is 2. The van der Waals surface area contributed by atoms with Crippen LogP contribution >= 0.6 is 0 Å². The summed E-state index contributed by atoms with van der Waals surface area (Å²) in [6.07, 6.45) is 4.37. The Morgan fingerprint density at radius 1 is 1.53 bits per heavy atom. The first kappa shape index (κ1) is 10.6. The molecule has 0 spiro atoms. The zero-order valence-corrected chi connectivity index (χ0v) is 9.22. The molecule has 0 amide bonds. The Balaban J connectivity index is 2.01. The van der Waals surface area contributed by atoms with E-state index in [1.54, 1.807) is 7.11 Å². The Morgan fingerprint density at radius 2 is 2.47 bits per heavy atom. The van der Waals surface area contributed by atoms with Gasteiger partial charge < -0.3 is 4.74 Å². The molecule has 2 rings (SSSR count). The Kier molecular flexibility index (Phi) is 3.69. The lowest BCUT2D eigenvalue weighted by Gasteiger charge is -2.23. The molecule has 0 radical (unpaired) electrons. The van der Waals surface area contributed by atoms with E-state index in [0.29, 0.717) is 6.04 Å². The first-order valence-corrected chi connectivity index (χ1v) is 5.55. The molecule has 15 heavy (non-hydrogen) atoms. The van der Waals surface area contributed by atoms with E-state index in [2.05, 4.69) is 22.0 Å². The van der Waals surface area contributed by atoms with Gasteiger partial charge in [0, 0.05) is 19.9 Å². The highest BCUT2D eigenvalue weighted by atomic mass is 16.5. The van der Waals surface area contributed by atoms with Gasteiger partial charge in [-0.1, -0.05) is 6.07 Å². The predicted molar refractivity (Wildman–Crippen MR) is 59.7 cm³/mol. The Morgan fingerprint density at radius 3 is 3.20 bits per heavy atom. The summed E-state index contributed by atoms with van der Waals surface area (Å²) in [5.41, 5.74) is 1.20. The number of methoxy groups -OCH3 is 1. The van der Waals surface area contributed by atoms with Crippen LogP contribution in [-0.2, 0) is 4.74 Å². The number of likely N-dealkylation sites (tertiary alicyclic amines) is 1. The molecule has 1 aromatic rings. The van der Waals surface area contributed by atoms with Crippen molar-refractivity contribution in [2.45, 2.75) is 18.9 Å². The molecule has 0 saturated carbocycles. The van der Waals surface area contributed by atoms with Crippen LogP contribution in [0.1, 0.15) is 24.6 Å². The fourth-order valence-electron chi connectivity index (χ4n) is 2.21. The fourth-order valence-corrected chi connectivity index (χ4v) is 2.21. The van der Waals surface area contributed by atoms with Crippen molar-refractivity contribution in [3.05, 3.63) is 30.1 Å². The quantitative estimate of drug-likeness (QED) is 0.752. The van der Waals surface area contributed by atoms with Gasteiger partial charge in [-0.15, -0.1) is 0 Å². The van der Waals surface area contributed by atoms with Crippen LogP contribution in [0.4, 0.5) is 0 Å². The highest BCUT2D eigenvalue weighted by Crippen LogP contribution is 2.29. The van der Waals surface area contributed by atoms with Crippen LogP contribution in [0.3, 0.4) is 0 Å². The maximum Gasteiger partial charge on any atom is 0.0589 e. The summed E-state index contributed by atoms with van der Waals surface area (Å²) < 4.78 is 5.13. The lowest BCUT2D eigenvalue weighted by atomic mass is 10.1. The van der Waals surface area contributed by atoms with Crippen molar-refractivity contribution >= 4 is 0 Å². The second-order valence-electron chi connectivity index (χ2n) is 3.94. The minimum atomic E-state index is 0.501. The highest BCUT2D eigenvalue weighted by Gasteiger charge is 2.25. The second kappa shape index (κ2) is 5.24. The molecule has 0 aliphatic carbocycles. The molecule has 82 valence electrons. The summed E-state index contributed by atoms with van der Waals surface area (Å²) in [5, 5.41) is 0. The minimum Gasteiger partial charge on any atom is -0.383 e. The number of rotatable bonds is 4. The first-order valence-electron chi connectivity index (χ1n) is 5.55. The summed E-state index contributed by atoms with van der Waals surface area (Å²) >= 11 is 0. The predicted octanol–water partition coefficient (Wildman–Crippen LogP) is 1.86. The van der Waals surface area contributed by atoms with Gasteiger partial charge in [-0.2, -0.15) is 0 Å². The SMILES string of the molecule is COCCN1CCCC1c1ccccn1. The van der Waals surface area contributed by atoms with Crippen molar-refractivity contribution in [3.63, 3.8) is 0 Å². The second-order valence-corrected chi connectivity index (χ2v) is 3.94. The molecule has 0 aromatic carbocycles. The molecule has 1 aromatic heterocycles. The fraction of sp³-hybridized carbons (Fsp3) is 0.583. The molecule has 0 bridgehead atoms. The van der Waals surface area contributed by atoms with E-state index in [1.807, 2.05) is 12.3 Å². The maximum atomic E-state index is 5.13. The van der Waals surface area contributed by atoms with Crippen LogP contribution in [0.15, 0.2) is 24.4 Å². The normalized spacial score (nSPS) is 22.1. The monoisotopic (exact) mass is 206 g/mol. The lowest BCUT2D eigenvalue weighted by molar-refractivity contribution is 0.140. The molecular formula is C12H18N2O. The third-order valence-electron chi connectivity index (χ3n) is 2.98. The third kappa shape index (κ3) is 2.55. The minimum absolute atomic E-state index is 0.501. The molecular weight excluding hydrogens is 188 g/mol. The van der Waals surface area contributed by atoms with Crippen molar-refractivity contribution in [2.75, 3.05) is 26.8 Å². The van der Waals surface area contributed by atoms with Crippen molar-refractivity contribution in [2.24, 2.45) is 0 Å². The summed E-state index contributed by atoms with van der Waals surface area (Å²) in [6.45, 7) is 2.99. The number of aromatic nitrogens is 1. The number of pyridine rings is 1. The summed E-state index contributed by atoms with van der Waals surface area (Å²) in [7, 11) is 1.76. The van der Waals surface area contributed by atoms with E-state index in [1.165, 1.54) is 25.1 Å². The average Bonchev–Trinajstić information content (AvgIpc) is 2.75. The molecule has 1 unspecified atom stereocenters. The molecule has 2 heterocycles. The van der Waals surface area contributed by atoms with Crippen LogP contribution in [-0.4, -0.2) is 36.7 Å². The van der Waals surface area contributed by atoms with Crippen molar-refractivity contribution in [3.8, 4) is 0 Å². The largest absolute Gasteiger partial charge is 0.383 e. The topological polar surface area (TPSA) is 25.4 Å². The van der Waals surface area contributed by atoms with E-state index in [-0.39, 0.29) is 0 Å². The molecule has 1 atom stereocenters. The van der Waals surface area contributed by atoms with Crippen molar-refractivity contribution in [1.82, 2.24) is 9.88 Å².